The Morgan fingerprint density at radius 2 is 2.18 bits per heavy atom. The van der Waals surface area contributed by atoms with Crippen LogP contribution in [0.5, 0.6) is 0 Å². The molecule has 0 unspecified atom stereocenters. The number of hydrogen-bond donors (Lipinski definition) is 0. The molecule has 0 N–H and O–H groups in total. The molecule has 1 fully saturated rings. The van der Waals surface area contributed by atoms with Crippen LogP contribution < -0.4 is 0 Å². The maximum Gasteiger partial charge on any atom is 0.307 e. The average Bonchev–Trinajstić information content (AvgIpc) is 1.85. The van der Waals surface area contributed by atoms with Crippen molar-refractivity contribution in [2.24, 2.45) is 0 Å². The van der Waals surface area contributed by atoms with E-state index in [1.807, 2.05) is 21.0 Å². The second kappa shape index (κ2) is 3.22. The standard InChI is InChI=1S/C8H15NO2/c1-6-4-7(9(2)3)5-8(10)11-6/h6-7H,4-5H2,1-3H3/t6-,7+/m1/s1. The molecule has 0 bridgehead atoms. The number of ether oxygens (including phenoxy) is 1. The van der Waals surface area contributed by atoms with E-state index in [9.17, 15) is 4.79 Å². The molecule has 0 saturated carbocycles. The number of carbonyl (C=O) groups is 1. The lowest BCUT2D eigenvalue weighted by molar-refractivity contribution is -0.155. The zero-order valence-electron chi connectivity index (χ0n) is 7.33. The van der Waals surface area contributed by atoms with Gasteiger partial charge >= 0.3 is 5.97 Å². The molecule has 0 aromatic rings. The van der Waals surface area contributed by atoms with Crippen molar-refractivity contribution in [2.75, 3.05) is 14.1 Å². The highest BCUT2D eigenvalue weighted by Gasteiger charge is 2.26. The third-order valence-corrected chi connectivity index (χ3v) is 2.07. The smallest absolute Gasteiger partial charge is 0.307 e. The number of nitrogens with zero attached hydrogens (tertiary/aromatic N) is 1. The average molecular weight is 157 g/mol. The van der Waals surface area contributed by atoms with E-state index >= 15 is 0 Å². The van der Waals surface area contributed by atoms with Gasteiger partial charge in [0, 0.05) is 12.5 Å². The van der Waals surface area contributed by atoms with E-state index in [1.54, 1.807) is 0 Å². The van der Waals surface area contributed by atoms with E-state index in [1.165, 1.54) is 0 Å². The minimum atomic E-state index is -0.0672. The molecule has 1 aliphatic heterocycles. The van der Waals surface area contributed by atoms with Gasteiger partial charge in [0.05, 0.1) is 6.42 Å². The highest BCUT2D eigenvalue weighted by molar-refractivity contribution is 5.71. The Morgan fingerprint density at radius 1 is 1.55 bits per heavy atom. The quantitative estimate of drug-likeness (QED) is 0.523. The van der Waals surface area contributed by atoms with Gasteiger partial charge in [0.1, 0.15) is 6.10 Å². The van der Waals surface area contributed by atoms with E-state index in [0.29, 0.717) is 12.5 Å². The van der Waals surface area contributed by atoms with Crippen molar-refractivity contribution in [1.82, 2.24) is 4.90 Å². The Balaban J connectivity index is 2.49. The second-order valence-electron chi connectivity index (χ2n) is 3.36. The molecule has 0 radical (unpaired) electrons. The molecule has 1 saturated heterocycles. The van der Waals surface area contributed by atoms with E-state index in [0.717, 1.165) is 6.42 Å². The number of cyclic esters (lactones) is 1. The van der Waals surface area contributed by atoms with Gasteiger partial charge in [0.15, 0.2) is 0 Å². The van der Waals surface area contributed by atoms with Crippen LogP contribution in [0.25, 0.3) is 0 Å². The van der Waals surface area contributed by atoms with Gasteiger partial charge < -0.3 is 9.64 Å². The predicted molar refractivity (Wildman–Crippen MR) is 42.3 cm³/mol. The Labute approximate surface area is 67.3 Å². The summed E-state index contributed by atoms with van der Waals surface area (Å²) < 4.78 is 5.00. The van der Waals surface area contributed by atoms with Crippen LogP contribution in [0.1, 0.15) is 19.8 Å². The highest BCUT2D eigenvalue weighted by Crippen LogP contribution is 2.17. The fraction of sp³-hybridized carbons (Fsp3) is 0.875. The minimum Gasteiger partial charge on any atom is -0.463 e. The van der Waals surface area contributed by atoms with E-state index in [4.69, 9.17) is 4.74 Å². The first-order valence-electron chi connectivity index (χ1n) is 3.95. The number of esters is 1. The third kappa shape index (κ3) is 2.19. The van der Waals surface area contributed by atoms with Crippen LogP contribution in [0.3, 0.4) is 0 Å². The molecule has 2 atom stereocenters. The number of carbonyl (C=O) groups excluding carboxylic acids is 1. The molecule has 64 valence electrons. The van der Waals surface area contributed by atoms with Gasteiger partial charge in [-0.15, -0.1) is 0 Å². The zero-order chi connectivity index (χ0) is 8.43. The predicted octanol–water partition coefficient (Wildman–Crippen LogP) is 0.642. The molecule has 0 amide bonds. The topological polar surface area (TPSA) is 29.5 Å². The van der Waals surface area contributed by atoms with Crippen molar-refractivity contribution in [1.29, 1.82) is 0 Å². The third-order valence-electron chi connectivity index (χ3n) is 2.07. The molecule has 0 aromatic carbocycles. The van der Waals surface area contributed by atoms with Crippen LogP contribution in [0.4, 0.5) is 0 Å². The van der Waals surface area contributed by atoms with Gasteiger partial charge in [-0.1, -0.05) is 0 Å². The monoisotopic (exact) mass is 157 g/mol. The lowest BCUT2D eigenvalue weighted by Gasteiger charge is -2.30. The van der Waals surface area contributed by atoms with Gasteiger partial charge in [0.2, 0.25) is 0 Å². The molecular weight excluding hydrogens is 142 g/mol. The van der Waals surface area contributed by atoms with Crippen LogP contribution in [0.2, 0.25) is 0 Å². The first kappa shape index (κ1) is 8.53. The van der Waals surface area contributed by atoms with Crippen molar-refractivity contribution in [3.05, 3.63) is 0 Å². The molecule has 1 rings (SSSR count). The van der Waals surface area contributed by atoms with Gasteiger partial charge in [-0.25, -0.2) is 0 Å². The highest BCUT2D eigenvalue weighted by atomic mass is 16.5. The van der Waals surface area contributed by atoms with Crippen molar-refractivity contribution >= 4 is 5.97 Å². The summed E-state index contributed by atoms with van der Waals surface area (Å²) in [5, 5.41) is 0. The minimum absolute atomic E-state index is 0.0672. The van der Waals surface area contributed by atoms with Crippen molar-refractivity contribution < 1.29 is 9.53 Å². The zero-order valence-corrected chi connectivity index (χ0v) is 7.33. The molecule has 0 aliphatic carbocycles. The summed E-state index contributed by atoms with van der Waals surface area (Å²) in [5.41, 5.74) is 0. The molecule has 3 nitrogen and oxygen atoms in total. The Kier molecular flexibility index (Phi) is 2.49. The Morgan fingerprint density at radius 3 is 2.64 bits per heavy atom. The Hall–Kier alpha value is -0.570. The van der Waals surface area contributed by atoms with E-state index < -0.39 is 0 Å². The van der Waals surface area contributed by atoms with Crippen LogP contribution in [0.15, 0.2) is 0 Å². The van der Waals surface area contributed by atoms with Crippen LogP contribution >= 0.6 is 0 Å². The first-order chi connectivity index (χ1) is 5.09. The SMILES string of the molecule is C[C@@H]1C[C@H](N(C)C)CC(=O)O1. The summed E-state index contributed by atoms with van der Waals surface area (Å²) in [5.74, 6) is -0.0672. The van der Waals surface area contributed by atoms with Gasteiger partial charge in [-0.2, -0.15) is 0 Å². The van der Waals surface area contributed by atoms with Crippen molar-refractivity contribution in [3.8, 4) is 0 Å². The number of rotatable bonds is 1. The molecule has 3 heteroatoms. The van der Waals surface area contributed by atoms with Gasteiger partial charge in [-0.05, 0) is 21.0 Å². The second-order valence-corrected chi connectivity index (χ2v) is 3.36. The molecule has 0 aromatic heterocycles. The van der Waals surface area contributed by atoms with Crippen LogP contribution in [-0.2, 0) is 9.53 Å². The molecular formula is C8H15NO2. The summed E-state index contributed by atoms with van der Waals surface area (Å²) in [6, 6.07) is 0.367. The van der Waals surface area contributed by atoms with Gasteiger partial charge in [0.25, 0.3) is 0 Å². The van der Waals surface area contributed by atoms with Crippen LogP contribution in [0, 0.1) is 0 Å². The molecule has 0 spiro atoms. The first-order valence-corrected chi connectivity index (χ1v) is 3.95. The summed E-state index contributed by atoms with van der Waals surface area (Å²) in [7, 11) is 3.99. The molecule has 1 aliphatic rings. The maximum atomic E-state index is 10.9. The largest absolute Gasteiger partial charge is 0.463 e. The molecule has 1 heterocycles. The fourth-order valence-corrected chi connectivity index (χ4v) is 1.37. The molecule has 11 heavy (non-hydrogen) atoms. The van der Waals surface area contributed by atoms with Gasteiger partial charge in [-0.3, -0.25) is 4.79 Å². The lowest BCUT2D eigenvalue weighted by Crippen LogP contribution is -2.39. The van der Waals surface area contributed by atoms with Crippen molar-refractivity contribution in [2.45, 2.75) is 31.9 Å². The summed E-state index contributed by atoms with van der Waals surface area (Å²) >= 11 is 0. The van der Waals surface area contributed by atoms with Crippen LogP contribution in [-0.4, -0.2) is 37.1 Å². The fourth-order valence-electron chi connectivity index (χ4n) is 1.37. The van der Waals surface area contributed by atoms with E-state index in [-0.39, 0.29) is 12.1 Å². The summed E-state index contributed by atoms with van der Waals surface area (Å²) in [6.07, 6.45) is 1.58. The van der Waals surface area contributed by atoms with Crippen molar-refractivity contribution in [3.63, 3.8) is 0 Å². The van der Waals surface area contributed by atoms with E-state index in [2.05, 4.69) is 4.90 Å². The summed E-state index contributed by atoms with van der Waals surface area (Å²) in [6.45, 7) is 1.94. The lowest BCUT2D eigenvalue weighted by atomic mass is 10.0. The Bertz CT molecular complexity index is 156. The summed E-state index contributed by atoms with van der Waals surface area (Å²) in [4.78, 5) is 13.0. The maximum absolute atomic E-state index is 10.9. The number of hydrogen-bond acceptors (Lipinski definition) is 3. The normalized spacial score (nSPS) is 32.2.